The molecule has 0 spiro atoms. The quantitative estimate of drug-likeness (QED) is 0.253. The van der Waals surface area contributed by atoms with Crippen LogP contribution in [0.4, 0.5) is 4.79 Å². The molecule has 0 radical (unpaired) electrons. The lowest BCUT2D eigenvalue weighted by Crippen LogP contribution is -2.54. The lowest BCUT2D eigenvalue weighted by Gasteiger charge is -2.34. The smallest absolute Gasteiger partial charge is 0.408 e. The number of nitrogens with one attached hydrogen (secondary N) is 2. The second kappa shape index (κ2) is 15.0. The number of unbranched alkanes of at least 4 members (excludes halogenated alkanes) is 4. The standard InChI is InChI=1S/C27H45N3O4S/c1-8-9-10-11-12-16-30(25(32)22(18-35)29-26(33)34-27(5,6)7)23(24(31)28-19(2)3)21-15-13-14-20(4)17-21/h13-15,17,19,22-23,35H,8-12,16,18H2,1-7H3,(H,28,31)(H,29,33). The van der Waals surface area contributed by atoms with E-state index in [0.29, 0.717) is 6.54 Å². The van der Waals surface area contributed by atoms with Crippen LogP contribution in [0, 0.1) is 6.92 Å². The molecule has 1 aromatic rings. The van der Waals surface area contributed by atoms with Crippen LogP contribution in [0.5, 0.6) is 0 Å². The summed E-state index contributed by atoms with van der Waals surface area (Å²) < 4.78 is 5.35. The molecule has 0 fully saturated rings. The Labute approximate surface area is 217 Å². The third-order valence-corrected chi connectivity index (χ3v) is 5.67. The number of alkyl carbamates (subject to hydrolysis) is 1. The van der Waals surface area contributed by atoms with E-state index in [4.69, 9.17) is 4.74 Å². The highest BCUT2D eigenvalue weighted by Crippen LogP contribution is 2.25. The van der Waals surface area contributed by atoms with E-state index in [2.05, 4.69) is 30.2 Å². The summed E-state index contributed by atoms with van der Waals surface area (Å²) in [6.45, 7) is 13.6. The zero-order valence-electron chi connectivity index (χ0n) is 22.5. The molecule has 1 rings (SSSR count). The van der Waals surface area contributed by atoms with E-state index in [9.17, 15) is 14.4 Å². The number of hydrogen-bond acceptors (Lipinski definition) is 5. The van der Waals surface area contributed by atoms with Gasteiger partial charge in [-0.05, 0) is 53.5 Å². The van der Waals surface area contributed by atoms with E-state index < -0.39 is 23.8 Å². The fourth-order valence-electron chi connectivity index (χ4n) is 3.76. The Bertz CT molecular complexity index is 823. The number of ether oxygens (including phenoxy) is 1. The molecule has 0 saturated carbocycles. The SMILES string of the molecule is CCCCCCCN(C(=O)C(CS)NC(=O)OC(C)(C)C)C(C(=O)NC(C)C)c1cccc(C)c1. The first kappa shape index (κ1) is 30.8. The topological polar surface area (TPSA) is 87.7 Å². The molecule has 3 amide bonds. The minimum absolute atomic E-state index is 0.0801. The van der Waals surface area contributed by atoms with Crippen LogP contribution in [0.2, 0.25) is 0 Å². The van der Waals surface area contributed by atoms with Crippen molar-refractivity contribution in [3.8, 4) is 0 Å². The van der Waals surface area contributed by atoms with Gasteiger partial charge in [0, 0.05) is 18.3 Å². The molecule has 0 heterocycles. The fraction of sp³-hybridized carbons (Fsp3) is 0.667. The van der Waals surface area contributed by atoms with Gasteiger partial charge in [-0.25, -0.2) is 4.79 Å². The van der Waals surface area contributed by atoms with Crippen molar-refractivity contribution < 1.29 is 19.1 Å². The maximum atomic E-state index is 13.8. The second-order valence-corrected chi connectivity index (χ2v) is 10.7. The molecule has 198 valence electrons. The van der Waals surface area contributed by atoms with Gasteiger partial charge in [0.05, 0.1) is 0 Å². The number of carbonyl (C=O) groups excluding carboxylic acids is 3. The number of hydrogen-bond donors (Lipinski definition) is 3. The van der Waals surface area contributed by atoms with Crippen molar-refractivity contribution in [3.63, 3.8) is 0 Å². The van der Waals surface area contributed by atoms with Gasteiger partial charge in [-0.2, -0.15) is 12.6 Å². The first-order valence-corrected chi connectivity index (χ1v) is 13.3. The molecule has 35 heavy (non-hydrogen) atoms. The third kappa shape index (κ3) is 11.4. The first-order valence-electron chi connectivity index (χ1n) is 12.7. The number of carbonyl (C=O) groups is 3. The minimum Gasteiger partial charge on any atom is -0.444 e. The molecule has 0 bridgehead atoms. The van der Waals surface area contributed by atoms with Gasteiger partial charge in [0.1, 0.15) is 17.7 Å². The predicted octanol–water partition coefficient (Wildman–Crippen LogP) is 5.18. The molecule has 2 atom stereocenters. The first-order chi connectivity index (χ1) is 16.4. The van der Waals surface area contributed by atoms with E-state index in [0.717, 1.165) is 43.2 Å². The van der Waals surface area contributed by atoms with Gasteiger partial charge in [-0.1, -0.05) is 62.4 Å². The van der Waals surface area contributed by atoms with E-state index in [1.165, 1.54) is 0 Å². The Morgan fingerprint density at radius 3 is 2.26 bits per heavy atom. The van der Waals surface area contributed by atoms with Gasteiger partial charge in [-0.15, -0.1) is 0 Å². The number of benzene rings is 1. The molecule has 0 aromatic heterocycles. The number of aryl methyl sites for hydroxylation is 1. The summed E-state index contributed by atoms with van der Waals surface area (Å²) in [5.74, 6) is -0.522. The molecular formula is C27H45N3O4S. The van der Waals surface area contributed by atoms with Crippen molar-refractivity contribution in [2.24, 2.45) is 0 Å². The van der Waals surface area contributed by atoms with E-state index in [1.807, 2.05) is 45.0 Å². The molecule has 0 aliphatic heterocycles. The van der Waals surface area contributed by atoms with Gasteiger partial charge < -0.3 is 20.3 Å². The fourth-order valence-corrected chi connectivity index (χ4v) is 4.01. The molecule has 7 nitrogen and oxygen atoms in total. The van der Waals surface area contributed by atoms with E-state index >= 15 is 0 Å². The molecule has 0 aliphatic rings. The van der Waals surface area contributed by atoms with Crippen LogP contribution in [-0.2, 0) is 14.3 Å². The summed E-state index contributed by atoms with van der Waals surface area (Å²) in [6, 6.07) is 5.81. The summed E-state index contributed by atoms with van der Waals surface area (Å²) in [7, 11) is 0. The van der Waals surface area contributed by atoms with Crippen molar-refractivity contribution in [3.05, 3.63) is 35.4 Å². The average Bonchev–Trinajstić information content (AvgIpc) is 2.74. The van der Waals surface area contributed by atoms with Gasteiger partial charge in [0.25, 0.3) is 0 Å². The van der Waals surface area contributed by atoms with Crippen molar-refractivity contribution in [1.82, 2.24) is 15.5 Å². The molecule has 2 N–H and O–H groups in total. The highest BCUT2D eigenvalue weighted by molar-refractivity contribution is 7.80. The van der Waals surface area contributed by atoms with Gasteiger partial charge in [-0.3, -0.25) is 9.59 Å². The Morgan fingerprint density at radius 1 is 1.06 bits per heavy atom. The summed E-state index contributed by atoms with van der Waals surface area (Å²) in [6.07, 6.45) is 4.34. The second-order valence-electron chi connectivity index (χ2n) is 10.3. The summed E-state index contributed by atoms with van der Waals surface area (Å²) in [5.41, 5.74) is 1.03. The van der Waals surface area contributed by atoms with Crippen molar-refractivity contribution in [1.29, 1.82) is 0 Å². The summed E-state index contributed by atoms with van der Waals surface area (Å²) in [4.78, 5) is 41.3. The summed E-state index contributed by atoms with van der Waals surface area (Å²) in [5, 5.41) is 5.62. The Morgan fingerprint density at radius 2 is 1.71 bits per heavy atom. The van der Waals surface area contributed by atoms with Crippen LogP contribution < -0.4 is 10.6 Å². The van der Waals surface area contributed by atoms with Crippen LogP contribution in [-0.4, -0.2) is 52.8 Å². The van der Waals surface area contributed by atoms with Gasteiger partial charge in [0.15, 0.2) is 0 Å². The van der Waals surface area contributed by atoms with Gasteiger partial charge in [0.2, 0.25) is 11.8 Å². The lowest BCUT2D eigenvalue weighted by atomic mass is 10.00. The minimum atomic E-state index is -0.928. The van der Waals surface area contributed by atoms with Crippen LogP contribution in [0.15, 0.2) is 24.3 Å². The van der Waals surface area contributed by atoms with Gasteiger partial charge >= 0.3 is 6.09 Å². The number of thiol groups is 1. The highest BCUT2D eigenvalue weighted by atomic mass is 32.1. The van der Waals surface area contributed by atoms with Crippen LogP contribution >= 0.6 is 12.6 Å². The molecule has 8 heteroatoms. The number of amides is 3. The van der Waals surface area contributed by atoms with Crippen LogP contribution in [0.1, 0.15) is 90.8 Å². The molecule has 1 aromatic carbocycles. The normalized spacial score (nSPS) is 13.2. The zero-order chi connectivity index (χ0) is 26.6. The van der Waals surface area contributed by atoms with Crippen LogP contribution in [0.3, 0.4) is 0 Å². The molecule has 0 aliphatic carbocycles. The molecule has 0 saturated heterocycles. The monoisotopic (exact) mass is 507 g/mol. The third-order valence-electron chi connectivity index (χ3n) is 5.31. The molecular weight excluding hydrogens is 462 g/mol. The Hall–Kier alpha value is -2.22. The highest BCUT2D eigenvalue weighted by Gasteiger charge is 2.35. The van der Waals surface area contributed by atoms with Crippen molar-refractivity contribution in [2.75, 3.05) is 12.3 Å². The lowest BCUT2D eigenvalue weighted by molar-refractivity contribution is -0.142. The maximum absolute atomic E-state index is 13.8. The predicted molar refractivity (Wildman–Crippen MR) is 145 cm³/mol. The Balaban J connectivity index is 3.33. The van der Waals surface area contributed by atoms with Crippen molar-refractivity contribution in [2.45, 2.75) is 104 Å². The van der Waals surface area contributed by atoms with E-state index in [-0.39, 0.29) is 23.6 Å². The average molecular weight is 508 g/mol. The number of nitrogens with zero attached hydrogens (tertiary/aromatic N) is 1. The Kier molecular flexibility index (Phi) is 13.2. The van der Waals surface area contributed by atoms with Crippen molar-refractivity contribution >= 4 is 30.5 Å². The molecule has 2 unspecified atom stereocenters. The van der Waals surface area contributed by atoms with E-state index in [1.54, 1.807) is 25.7 Å². The largest absolute Gasteiger partial charge is 0.444 e. The number of rotatable bonds is 13. The zero-order valence-corrected chi connectivity index (χ0v) is 23.4. The summed E-state index contributed by atoms with van der Waals surface area (Å²) >= 11 is 4.33. The van der Waals surface area contributed by atoms with Crippen LogP contribution in [0.25, 0.3) is 0 Å². The maximum Gasteiger partial charge on any atom is 0.408 e.